The number of aliphatic hydroxyl groups is 2. The van der Waals surface area contributed by atoms with E-state index in [9.17, 15) is 15.0 Å². The average molecular weight is 488 g/mol. The maximum absolute atomic E-state index is 13.2. The molecule has 4 aromatic rings. The van der Waals surface area contributed by atoms with Crippen LogP contribution in [0.15, 0.2) is 97.1 Å². The molecule has 3 N–H and O–H groups in total. The van der Waals surface area contributed by atoms with Crippen LogP contribution >= 0.6 is 0 Å². The van der Waals surface area contributed by atoms with E-state index < -0.39 is 18.3 Å². The fourth-order valence-corrected chi connectivity index (χ4v) is 4.00. The highest BCUT2D eigenvalue weighted by Gasteiger charge is 2.31. The number of rotatable bonds is 11. The van der Waals surface area contributed by atoms with Crippen LogP contribution in [0.5, 0.6) is 11.5 Å². The summed E-state index contributed by atoms with van der Waals surface area (Å²) in [7, 11) is 0. The lowest BCUT2D eigenvalue weighted by Gasteiger charge is -2.29. The molecule has 4 rings (SSSR count). The third-order valence-corrected chi connectivity index (χ3v) is 5.62. The number of amides is 1. The van der Waals surface area contributed by atoms with E-state index in [1.807, 2.05) is 60.7 Å². The molecule has 0 heterocycles. The molecular formula is C29H29NO6. The van der Waals surface area contributed by atoms with Crippen molar-refractivity contribution in [2.24, 2.45) is 0 Å². The van der Waals surface area contributed by atoms with Crippen molar-refractivity contribution in [1.82, 2.24) is 0 Å². The summed E-state index contributed by atoms with van der Waals surface area (Å²) in [6, 6.07) is 29.6. The second kappa shape index (κ2) is 12.6. The summed E-state index contributed by atoms with van der Waals surface area (Å²) in [4.78, 5) is 13.2. The first-order chi connectivity index (χ1) is 17.7. The molecule has 0 aliphatic heterocycles. The van der Waals surface area contributed by atoms with E-state index in [1.54, 1.807) is 36.4 Å². The van der Waals surface area contributed by atoms with Crippen LogP contribution in [0, 0.1) is 0 Å². The van der Waals surface area contributed by atoms with Gasteiger partial charge in [-0.05, 0) is 29.7 Å². The standard InChI is InChI=1S/C29H29NO6/c31-18-17-27(35-22-11-2-1-3-12-22)28(24-14-6-7-16-26(24)34-20-19-32)36-29(33)30-25-15-8-10-21-9-4-5-13-23(21)25/h1-16,27-28,31-32H,17-20H2,(H,30,33)/t27-,28-/m0/s1. The van der Waals surface area contributed by atoms with Crippen LogP contribution < -0.4 is 14.8 Å². The van der Waals surface area contributed by atoms with Crippen LogP contribution in [0.4, 0.5) is 10.5 Å². The van der Waals surface area contributed by atoms with Crippen molar-refractivity contribution in [3.8, 4) is 11.5 Å². The molecule has 0 saturated carbocycles. The molecule has 4 aromatic carbocycles. The predicted molar refractivity (Wildman–Crippen MR) is 138 cm³/mol. The van der Waals surface area contributed by atoms with E-state index >= 15 is 0 Å². The molecule has 2 atom stereocenters. The summed E-state index contributed by atoms with van der Waals surface area (Å²) >= 11 is 0. The van der Waals surface area contributed by atoms with Gasteiger partial charge in [-0.1, -0.05) is 72.8 Å². The Morgan fingerprint density at radius 2 is 1.53 bits per heavy atom. The summed E-state index contributed by atoms with van der Waals surface area (Å²) in [5, 5.41) is 23.8. The summed E-state index contributed by atoms with van der Waals surface area (Å²) in [6.07, 6.45) is -2.10. The largest absolute Gasteiger partial charge is 0.491 e. The average Bonchev–Trinajstić information content (AvgIpc) is 2.91. The Morgan fingerprint density at radius 3 is 2.33 bits per heavy atom. The van der Waals surface area contributed by atoms with E-state index in [-0.39, 0.29) is 26.2 Å². The monoisotopic (exact) mass is 487 g/mol. The first-order valence-electron chi connectivity index (χ1n) is 11.8. The van der Waals surface area contributed by atoms with Gasteiger partial charge in [0.1, 0.15) is 24.2 Å². The van der Waals surface area contributed by atoms with Gasteiger partial charge in [-0.3, -0.25) is 5.32 Å². The zero-order valence-corrected chi connectivity index (χ0v) is 19.7. The summed E-state index contributed by atoms with van der Waals surface area (Å²) in [6.45, 7) is -0.264. The number of anilines is 1. The van der Waals surface area contributed by atoms with Crippen molar-refractivity contribution < 1.29 is 29.2 Å². The van der Waals surface area contributed by atoms with E-state index in [0.717, 1.165) is 10.8 Å². The van der Waals surface area contributed by atoms with Crippen molar-refractivity contribution in [3.63, 3.8) is 0 Å². The molecule has 7 heteroatoms. The second-order valence-electron chi connectivity index (χ2n) is 8.07. The number of nitrogens with one attached hydrogen (secondary N) is 1. The second-order valence-corrected chi connectivity index (χ2v) is 8.07. The van der Waals surface area contributed by atoms with E-state index in [1.165, 1.54) is 0 Å². The normalized spacial score (nSPS) is 12.5. The minimum atomic E-state index is -0.915. The zero-order valence-electron chi connectivity index (χ0n) is 19.7. The number of fused-ring (bicyclic) bond motifs is 1. The Balaban J connectivity index is 1.66. The molecule has 36 heavy (non-hydrogen) atoms. The van der Waals surface area contributed by atoms with Gasteiger partial charge in [-0.15, -0.1) is 0 Å². The lowest BCUT2D eigenvalue weighted by Crippen LogP contribution is -2.32. The first-order valence-corrected chi connectivity index (χ1v) is 11.8. The highest BCUT2D eigenvalue weighted by atomic mass is 16.6. The molecule has 0 aromatic heterocycles. The van der Waals surface area contributed by atoms with Crippen LogP contribution in [-0.2, 0) is 4.74 Å². The maximum Gasteiger partial charge on any atom is 0.412 e. The number of hydrogen-bond donors (Lipinski definition) is 3. The zero-order chi connectivity index (χ0) is 25.2. The molecule has 0 radical (unpaired) electrons. The third kappa shape index (κ3) is 6.33. The minimum absolute atomic E-state index is 0.0795. The van der Waals surface area contributed by atoms with Crippen molar-refractivity contribution in [1.29, 1.82) is 0 Å². The van der Waals surface area contributed by atoms with Gasteiger partial charge in [0.2, 0.25) is 0 Å². The highest BCUT2D eigenvalue weighted by molar-refractivity contribution is 6.00. The highest BCUT2D eigenvalue weighted by Crippen LogP contribution is 2.34. The van der Waals surface area contributed by atoms with Crippen molar-refractivity contribution in [2.45, 2.75) is 18.6 Å². The minimum Gasteiger partial charge on any atom is -0.491 e. The molecule has 1 amide bonds. The molecule has 0 aliphatic carbocycles. The maximum atomic E-state index is 13.2. The Morgan fingerprint density at radius 1 is 0.806 bits per heavy atom. The summed E-state index contributed by atoms with van der Waals surface area (Å²) in [5.41, 5.74) is 1.18. The Labute approximate surface area is 209 Å². The van der Waals surface area contributed by atoms with Gasteiger partial charge in [0.25, 0.3) is 0 Å². The van der Waals surface area contributed by atoms with Gasteiger partial charge in [0, 0.05) is 24.0 Å². The number of benzene rings is 4. The van der Waals surface area contributed by atoms with Crippen LogP contribution in [0.1, 0.15) is 18.1 Å². The molecular weight excluding hydrogens is 458 g/mol. The van der Waals surface area contributed by atoms with Gasteiger partial charge in [0.15, 0.2) is 6.10 Å². The Kier molecular flexibility index (Phi) is 8.75. The van der Waals surface area contributed by atoms with E-state index in [0.29, 0.717) is 22.7 Å². The summed E-state index contributed by atoms with van der Waals surface area (Å²) < 4.78 is 17.9. The number of para-hydroxylation sites is 2. The number of ether oxygens (including phenoxy) is 3. The molecule has 0 spiro atoms. The van der Waals surface area contributed by atoms with Crippen molar-refractivity contribution >= 4 is 22.6 Å². The SMILES string of the molecule is O=C(Nc1cccc2ccccc12)O[C@@H](c1ccccc1OCCO)[C@H](CCO)Oc1ccccc1. The van der Waals surface area contributed by atoms with Gasteiger partial charge in [0.05, 0.1) is 12.3 Å². The fourth-order valence-electron chi connectivity index (χ4n) is 4.00. The molecule has 0 bridgehead atoms. The molecule has 0 aliphatic rings. The first kappa shape index (κ1) is 25.0. The van der Waals surface area contributed by atoms with Crippen LogP contribution in [0.3, 0.4) is 0 Å². The summed E-state index contributed by atoms with van der Waals surface area (Å²) in [5.74, 6) is 1.03. The van der Waals surface area contributed by atoms with Crippen LogP contribution in [0.2, 0.25) is 0 Å². The predicted octanol–water partition coefficient (Wildman–Crippen LogP) is 5.33. The van der Waals surface area contributed by atoms with E-state index in [2.05, 4.69) is 5.32 Å². The molecule has 0 unspecified atom stereocenters. The number of carbonyl (C=O) groups is 1. The smallest absolute Gasteiger partial charge is 0.412 e. The number of aliphatic hydroxyl groups excluding tert-OH is 2. The topological polar surface area (TPSA) is 97.3 Å². The number of carbonyl (C=O) groups excluding carboxylic acids is 1. The molecule has 186 valence electrons. The fraction of sp³-hybridized carbons (Fsp3) is 0.207. The van der Waals surface area contributed by atoms with Gasteiger partial charge < -0.3 is 24.4 Å². The van der Waals surface area contributed by atoms with Crippen LogP contribution in [-0.4, -0.2) is 42.2 Å². The van der Waals surface area contributed by atoms with Crippen LogP contribution in [0.25, 0.3) is 10.8 Å². The van der Waals surface area contributed by atoms with Crippen molar-refractivity contribution in [2.75, 3.05) is 25.1 Å². The van der Waals surface area contributed by atoms with Gasteiger partial charge >= 0.3 is 6.09 Å². The number of hydrogen-bond acceptors (Lipinski definition) is 6. The molecule has 0 saturated heterocycles. The lowest BCUT2D eigenvalue weighted by atomic mass is 10.0. The third-order valence-electron chi connectivity index (χ3n) is 5.62. The Hall–Kier alpha value is -4.07. The Bertz CT molecular complexity index is 1260. The lowest BCUT2D eigenvalue weighted by molar-refractivity contribution is 0.00752. The molecule has 0 fully saturated rings. The van der Waals surface area contributed by atoms with E-state index in [4.69, 9.17) is 14.2 Å². The molecule has 7 nitrogen and oxygen atoms in total. The van der Waals surface area contributed by atoms with Crippen molar-refractivity contribution in [3.05, 3.63) is 103 Å². The van der Waals surface area contributed by atoms with Gasteiger partial charge in [-0.25, -0.2) is 4.79 Å². The van der Waals surface area contributed by atoms with Gasteiger partial charge in [-0.2, -0.15) is 0 Å². The quantitative estimate of drug-likeness (QED) is 0.265.